The molecule has 4 aromatic rings. The van der Waals surface area contributed by atoms with Crippen molar-refractivity contribution in [2.75, 3.05) is 0 Å². The van der Waals surface area contributed by atoms with Crippen LogP contribution in [0.4, 0.5) is 0 Å². The fraction of sp³-hybridized carbons (Fsp3) is 0.211. The monoisotopic (exact) mass is 365 g/mol. The van der Waals surface area contributed by atoms with E-state index in [9.17, 15) is 4.79 Å². The Morgan fingerprint density at radius 3 is 2.65 bits per heavy atom. The highest BCUT2D eigenvalue weighted by Crippen LogP contribution is 2.26. The molecule has 2 N–H and O–H groups in total. The van der Waals surface area contributed by atoms with Crippen molar-refractivity contribution in [3.63, 3.8) is 0 Å². The van der Waals surface area contributed by atoms with E-state index in [0.29, 0.717) is 5.78 Å². The molecule has 0 saturated carbocycles. The van der Waals surface area contributed by atoms with Gasteiger partial charge in [0.25, 0.3) is 0 Å². The predicted octanol–water partition coefficient (Wildman–Crippen LogP) is 3.57. The maximum Gasteiger partial charge on any atom is 0.233 e. The van der Waals surface area contributed by atoms with Crippen LogP contribution in [0.5, 0.6) is 0 Å². The van der Waals surface area contributed by atoms with Crippen molar-refractivity contribution in [2.24, 2.45) is 0 Å². The molecule has 0 radical (unpaired) electrons. The number of benzene rings is 2. The summed E-state index contributed by atoms with van der Waals surface area (Å²) in [7, 11) is 0. The van der Waals surface area contributed by atoms with Gasteiger partial charge in [0.2, 0.25) is 11.7 Å². The van der Waals surface area contributed by atoms with Crippen LogP contribution < -0.4 is 5.32 Å². The fourth-order valence-electron chi connectivity index (χ4n) is 2.89. The van der Waals surface area contributed by atoms with Gasteiger partial charge in [-0.15, -0.1) is 5.10 Å². The number of fused-ring (bicyclic) bond motifs is 3. The Hall–Kier alpha value is -2.80. The van der Waals surface area contributed by atoms with Crippen LogP contribution in [0.25, 0.3) is 16.8 Å². The first kappa shape index (κ1) is 16.7. The number of aromatic nitrogens is 4. The second-order valence-electron chi connectivity index (χ2n) is 6.17. The first-order valence-electron chi connectivity index (χ1n) is 8.47. The van der Waals surface area contributed by atoms with Crippen LogP contribution in [0.3, 0.4) is 0 Å². The highest BCUT2D eigenvalue weighted by Gasteiger charge is 2.21. The van der Waals surface area contributed by atoms with Gasteiger partial charge in [0.1, 0.15) is 0 Å². The van der Waals surface area contributed by atoms with Crippen molar-refractivity contribution < 1.29 is 4.79 Å². The maximum atomic E-state index is 12.6. The zero-order chi connectivity index (χ0) is 18.1. The molecule has 6 nitrogen and oxygen atoms in total. The molecular weight excluding hydrogens is 346 g/mol. The lowest BCUT2D eigenvalue weighted by molar-refractivity contribution is -0.120. The molecule has 1 amide bonds. The minimum Gasteiger partial charge on any atom is -0.349 e. The summed E-state index contributed by atoms with van der Waals surface area (Å²) in [5.41, 5.74) is 2.96. The van der Waals surface area contributed by atoms with Crippen LogP contribution in [-0.2, 0) is 4.79 Å². The van der Waals surface area contributed by atoms with Crippen molar-refractivity contribution in [1.82, 2.24) is 24.9 Å². The van der Waals surface area contributed by atoms with Crippen LogP contribution in [-0.4, -0.2) is 30.7 Å². The second kappa shape index (κ2) is 6.84. The van der Waals surface area contributed by atoms with Crippen LogP contribution in [0, 0.1) is 0 Å². The van der Waals surface area contributed by atoms with E-state index < -0.39 is 0 Å². The zero-order valence-corrected chi connectivity index (χ0v) is 15.3. The van der Waals surface area contributed by atoms with Crippen LogP contribution >= 0.6 is 11.8 Å². The van der Waals surface area contributed by atoms with E-state index in [-0.39, 0.29) is 17.2 Å². The number of H-pyrrole nitrogens is 1. The highest BCUT2D eigenvalue weighted by atomic mass is 32.2. The smallest absolute Gasteiger partial charge is 0.233 e. The summed E-state index contributed by atoms with van der Waals surface area (Å²) in [6, 6.07) is 17.8. The summed E-state index contributed by atoms with van der Waals surface area (Å²) in [6.45, 7) is 3.87. The van der Waals surface area contributed by atoms with E-state index in [2.05, 4.69) is 20.5 Å². The lowest BCUT2D eigenvalue weighted by Gasteiger charge is -2.17. The molecule has 0 bridgehead atoms. The van der Waals surface area contributed by atoms with E-state index >= 15 is 0 Å². The van der Waals surface area contributed by atoms with Gasteiger partial charge in [0.05, 0.1) is 22.3 Å². The quantitative estimate of drug-likeness (QED) is 0.530. The molecule has 2 heterocycles. The number of hydrogen-bond donors (Lipinski definition) is 2. The third kappa shape index (κ3) is 3.06. The lowest BCUT2D eigenvalue weighted by atomic mass is 10.1. The van der Waals surface area contributed by atoms with Gasteiger partial charge in [-0.2, -0.15) is 0 Å². The summed E-state index contributed by atoms with van der Waals surface area (Å²) in [5.74, 6) is 0.658. The number of carbonyl (C=O) groups excluding carboxylic acids is 1. The molecule has 2 aromatic carbocycles. The summed E-state index contributed by atoms with van der Waals surface area (Å²) in [5, 5.41) is 10.8. The van der Waals surface area contributed by atoms with Gasteiger partial charge in [0, 0.05) is 0 Å². The van der Waals surface area contributed by atoms with E-state index in [1.165, 1.54) is 11.8 Å². The van der Waals surface area contributed by atoms with Gasteiger partial charge in [-0.25, -0.2) is 10.1 Å². The number of rotatable bonds is 5. The molecule has 0 aliphatic rings. The van der Waals surface area contributed by atoms with Crippen molar-refractivity contribution in [2.45, 2.75) is 30.3 Å². The topological polar surface area (TPSA) is 75.1 Å². The SMILES string of the molecule is C[C@@H](Sc1n[nH]c2nc3ccccc3n12)C(=O)N[C@H](C)c1ccccc1. The number of amides is 1. The molecular formula is C19H19N5OS. The molecule has 7 heteroatoms. The van der Waals surface area contributed by atoms with Gasteiger partial charge in [0.15, 0.2) is 5.16 Å². The van der Waals surface area contributed by atoms with Crippen LogP contribution in [0.1, 0.15) is 25.5 Å². The highest BCUT2D eigenvalue weighted by molar-refractivity contribution is 8.00. The van der Waals surface area contributed by atoms with Crippen molar-refractivity contribution in [1.29, 1.82) is 0 Å². The molecule has 0 saturated heterocycles. The number of carbonyl (C=O) groups is 1. The van der Waals surface area contributed by atoms with E-state index in [1.807, 2.05) is 72.8 Å². The second-order valence-corrected chi connectivity index (χ2v) is 7.47. The Morgan fingerprint density at radius 2 is 1.85 bits per heavy atom. The Kier molecular flexibility index (Phi) is 4.38. The number of nitrogens with zero attached hydrogens (tertiary/aromatic N) is 3. The van der Waals surface area contributed by atoms with Gasteiger partial charge in [-0.05, 0) is 31.5 Å². The molecule has 0 spiro atoms. The Morgan fingerprint density at radius 1 is 1.12 bits per heavy atom. The standard InChI is InChI=1S/C19H19N5OS/c1-12(14-8-4-3-5-9-14)20-17(25)13(2)26-19-23-22-18-21-15-10-6-7-11-16(15)24(18)19/h3-13H,1-2H3,(H,20,25)(H,21,22)/t12-,13-/m1/s1. The van der Waals surface area contributed by atoms with Gasteiger partial charge >= 0.3 is 0 Å². The normalized spacial score (nSPS) is 13.8. The minimum absolute atomic E-state index is 0.0214. The molecule has 2 aromatic heterocycles. The Balaban J connectivity index is 1.52. The van der Waals surface area contributed by atoms with Crippen molar-refractivity contribution in [3.05, 3.63) is 60.2 Å². The van der Waals surface area contributed by atoms with Gasteiger partial charge in [-0.1, -0.05) is 54.2 Å². The number of nitrogens with one attached hydrogen (secondary N) is 2. The summed E-state index contributed by atoms with van der Waals surface area (Å²) >= 11 is 1.41. The largest absolute Gasteiger partial charge is 0.349 e. The first-order valence-corrected chi connectivity index (χ1v) is 9.35. The van der Waals surface area contributed by atoms with Crippen molar-refractivity contribution >= 4 is 34.5 Å². The minimum atomic E-state index is -0.283. The molecule has 0 aliphatic carbocycles. The molecule has 0 aliphatic heterocycles. The van der Waals surface area contributed by atoms with Gasteiger partial charge in [-0.3, -0.25) is 9.20 Å². The number of thioether (sulfide) groups is 1. The summed E-state index contributed by atoms with van der Waals surface area (Å²) in [6.07, 6.45) is 0. The number of aromatic amines is 1. The molecule has 2 atom stereocenters. The predicted molar refractivity (Wildman–Crippen MR) is 103 cm³/mol. The number of imidazole rings is 1. The third-order valence-corrected chi connectivity index (χ3v) is 5.37. The Bertz CT molecular complexity index is 1060. The number of para-hydroxylation sites is 2. The molecule has 0 fully saturated rings. The zero-order valence-electron chi connectivity index (χ0n) is 14.5. The fourth-order valence-corrected chi connectivity index (χ4v) is 3.77. The average Bonchev–Trinajstić information content (AvgIpc) is 3.22. The maximum absolute atomic E-state index is 12.6. The van der Waals surface area contributed by atoms with E-state index in [0.717, 1.165) is 21.8 Å². The van der Waals surface area contributed by atoms with Crippen LogP contribution in [0.2, 0.25) is 0 Å². The summed E-state index contributed by atoms with van der Waals surface area (Å²) < 4.78 is 1.95. The molecule has 4 rings (SSSR count). The van der Waals surface area contributed by atoms with E-state index in [1.54, 1.807) is 0 Å². The lowest BCUT2D eigenvalue weighted by Crippen LogP contribution is -2.33. The Labute approximate surface area is 155 Å². The summed E-state index contributed by atoms with van der Waals surface area (Å²) in [4.78, 5) is 17.1. The third-order valence-electron chi connectivity index (χ3n) is 4.31. The average molecular weight is 365 g/mol. The first-order chi connectivity index (χ1) is 12.6. The van der Waals surface area contributed by atoms with Gasteiger partial charge < -0.3 is 5.32 Å². The number of hydrogen-bond acceptors (Lipinski definition) is 4. The van der Waals surface area contributed by atoms with Crippen molar-refractivity contribution in [3.8, 4) is 0 Å². The van der Waals surface area contributed by atoms with Crippen LogP contribution in [0.15, 0.2) is 59.8 Å². The molecule has 132 valence electrons. The molecule has 0 unspecified atom stereocenters. The van der Waals surface area contributed by atoms with E-state index in [4.69, 9.17) is 0 Å². The molecule has 26 heavy (non-hydrogen) atoms.